The molecule has 3 N–H and O–H groups in total. The molecule has 9 nitrogen and oxygen atoms in total. The van der Waals surface area contributed by atoms with Crippen molar-refractivity contribution in [3.05, 3.63) is 170 Å². The van der Waals surface area contributed by atoms with Gasteiger partial charge in [0, 0.05) is 19.4 Å². The van der Waals surface area contributed by atoms with E-state index >= 15 is 0 Å². The Bertz CT molecular complexity index is 2280. The molecule has 2 unspecified atom stereocenters. The molecule has 0 aromatic rings. The molecule has 0 saturated heterocycles. The molecule has 2 atom stereocenters. The molecule has 0 aromatic carbocycles. The van der Waals surface area contributed by atoms with Crippen LogP contribution in [-0.2, 0) is 32.7 Å². The van der Waals surface area contributed by atoms with Crippen LogP contribution >= 0.6 is 7.82 Å². The molecule has 0 heterocycles. The van der Waals surface area contributed by atoms with Crippen molar-refractivity contribution in [1.29, 1.82) is 0 Å². The first kappa shape index (κ1) is 96.4. The second kappa shape index (κ2) is 84.3. The summed E-state index contributed by atoms with van der Waals surface area (Å²) in [5.74, 6) is -0.824. The Morgan fingerprint density at radius 2 is 0.515 bits per heavy atom. The van der Waals surface area contributed by atoms with E-state index in [1.807, 2.05) is 0 Å². The number of phosphoric acid groups is 1. The Kier molecular flexibility index (Phi) is 80.4. The van der Waals surface area contributed by atoms with Gasteiger partial charge in [0.25, 0.3) is 0 Å². The molecule has 0 radical (unpaired) electrons. The van der Waals surface area contributed by atoms with Gasteiger partial charge in [-0.1, -0.05) is 389 Å². The summed E-state index contributed by atoms with van der Waals surface area (Å²) in [6.07, 6.45) is 125. The fourth-order valence-corrected chi connectivity index (χ4v) is 12.3. The summed E-state index contributed by atoms with van der Waals surface area (Å²) in [5.41, 5.74) is 5.42. The van der Waals surface area contributed by atoms with Crippen LogP contribution in [0.1, 0.15) is 361 Å². The van der Waals surface area contributed by atoms with Crippen LogP contribution in [0.5, 0.6) is 0 Å². The summed E-state index contributed by atoms with van der Waals surface area (Å²) in [6.45, 7) is 3.54. The van der Waals surface area contributed by atoms with Crippen LogP contribution in [0, 0.1) is 0 Å². The molecule has 10 heteroatoms. The minimum Gasteiger partial charge on any atom is -0.462 e. The fourth-order valence-electron chi connectivity index (χ4n) is 11.5. The van der Waals surface area contributed by atoms with Gasteiger partial charge in [0.1, 0.15) is 6.61 Å². The normalized spacial score (nSPS) is 13.7. The Balaban J connectivity index is 3.83. The third-order valence-electron chi connectivity index (χ3n) is 17.6. The molecule has 0 aliphatic rings. The first-order valence-corrected chi connectivity index (χ1v) is 43.1. The zero-order valence-electron chi connectivity index (χ0n) is 65.1. The average Bonchev–Trinajstić information content (AvgIpc) is 1.01. The van der Waals surface area contributed by atoms with Gasteiger partial charge < -0.3 is 20.1 Å². The molecular weight excluding hydrogens is 1270 g/mol. The second-order valence-corrected chi connectivity index (χ2v) is 28.7. The highest BCUT2D eigenvalue weighted by atomic mass is 31.2. The number of esters is 2. The minimum absolute atomic E-state index is 0.0482. The zero-order chi connectivity index (χ0) is 72.9. The molecule has 0 aromatic heterocycles. The zero-order valence-corrected chi connectivity index (χ0v) is 66.0. The summed E-state index contributed by atoms with van der Waals surface area (Å²) in [4.78, 5) is 35.5. The van der Waals surface area contributed by atoms with Gasteiger partial charge in [-0.25, -0.2) is 4.57 Å². The first-order chi connectivity index (χ1) is 49.8. The smallest absolute Gasteiger partial charge is 0.462 e. The lowest BCUT2D eigenvalue weighted by Crippen LogP contribution is -2.29. The SMILES string of the molecule is CC/C=C\C/C=C\C/C=C\C/C=C\C/C=C\C/C=C\C/C=C\C/C=C\C/C=C\CCCCCCCCCCCCCC(=O)OC(COC(=O)CCCCCCCCCCCCCCCCCCCCCCCCCCC/C=C\C/C=C\C/C=C\C/C=C\C/C=C\CC)COP(=O)(O)OCCN. The lowest BCUT2D eigenvalue weighted by atomic mass is 10.0. The second-order valence-electron chi connectivity index (χ2n) is 27.2. The van der Waals surface area contributed by atoms with Crippen molar-refractivity contribution in [2.75, 3.05) is 26.4 Å². The molecule has 0 aliphatic carbocycles. The van der Waals surface area contributed by atoms with Gasteiger partial charge in [0.15, 0.2) is 6.10 Å². The van der Waals surface area contributed by atoms with E-state index in [4.69, 9.17) is 24.3 Å². The maximum Gasteiger partial charge on any atom is 0.472 e. The summed E-state index contributed by atoms with van der Waals surface area (Å²) >= 11 is 0. The van der Waals surface area contributed by atoms with E-state index in [1.165, 1.54) is 193 Å². The van der Waals surface area contributed by atoms with Crippen molar-refractivity contribution in [3.8, 4) is 0 Å². The van der Waals surface area contributed by atoms with Crippen LogP contribution in [0.2, 0.25) is 0 Å². The number of phosphoric ester groups is 1. The van der Waals surface area contributed by atoms with Gasteiger partial charge >= 0.3 is 19.8 Å². The average molecular weight is 1420 g/mol. The van der Waals surface area contributed by atoms with Crippen molar-refractivity contribution in [1.82, 2.24) is 0 Å². The number of ether oxygens (including phenoxy) is 2. The lowest BCUT2D eigenvalue weighted by Gasteiger charge is -2.19. The highest BCUT2D eigenvalue weighted by Crippen LogP contribution is 2.43. The van der Waals surface area contributed by atoms with Crippen LogP contribution in [0.15, 0.2) is 170 Å². The number of nitrogens with two attached hydrogens (primary N) is 1. The number of hydrogen-bond acceptors (Lipinski definition) is 8. The minimum atomic E-state index is -4.41. The van der Waals surface area contributed by atoms with Gasteiger partial charge in [-0.05, 0) is 128 Å². The van der Waals surface area contributed by atoms with E-state index in [0.717, 1.165) is 135 Å². The topological polar surface area (TPSA) is 134 Å². The predicted octanol–water partition coefficient (Wildman–Crippen LogP) is 28.4. The van der Waals surface area contributed by atoms with Crippen molar-refractivity contribution < 1.29 is 37.6 Å². The number of allylic oxidation sites excluding steroid dienone is 28. The van der Waals surface area contributed by atoms with E-state index in [0.29, 0.717) is 6.42 Å². The summed E-state index contributed by atoms with van der Waals surface area (Å²) in [6, 6.07) is 0. The van der Waals surface area contributed by atoms with Crippen LogP contribution < -0.4 is 5.73 Å². The molecule has 576 valence electrons. The number of carbonyl (C=O) groups is 2. The third-order valence-corrected chi connectivity index (χ3v) is 18.6. The highest BCUT2D eigenvalue weighted by molar-refractivity contribution is 7.47. The Morgan fingerprint density at radius 3 is 0.762 bits per heavy atom. The Hall–Kier alpha value is -4.63. The molecule has 0 amide bonds. The van der Waals surface area contributed by atoms with Crippen LogP contribution in [0.3, 0.4) is 0 Å². The van der Waals surface area contributed by atoms with Crippen molar-refractivity contribution in [2.45, 2.75) is 367 Å². The predicted molar refractivity (Wildman–Crippen MR) is 440 cm³/mol. The van der Waals surface area contributed by atoms with Crippen molar-refractivity contribution >= 4 is 19.8 Å². The van der Waals surface area contributed by atoms with Crippen LogP contribution in [0.25, 0.3) is 0 Å². The standard InChI is InChI=1S/C91H154NO8P/c1-3-5-7-9-11-13-15-17-19-21-23-25-27-29-31-33-35-37-39-41-43-44-46-47-49-51-53-55-57-59-61-63-65-67-69-71-73-75-77-79-81-83-90(93)97-87-89(88-99-101(95,96)98-86-85-92)100-91(94)84-82-80-78-76-74-72-70-68-66-64-62-60-58-56-54-52-50-48-45-42-40-38-36-34-32-30-28-26-24-22-20-18-16-14-12-10-8-6-4-2/h5-8,11-14,17-20,23-26,29-32,36,38,42,45,50,52,56,58,89H,3-4,9-10,15-16,21-22,27-28,33-35,37,39-41,43-44,46-49,51,53-55,57,59-88,92H2,1-2H3,(H,95,96)/b7-5-,8-6-,13-11-,14-12-,19-17-,20-18-,25-23-,26-24-,31-29-,32-30-,38-36-,45-42-,52-50-,58-56-. The number of unbranched alkanes of at least 4 members (excludes halogenated alkanes) is 36. The molecular formula is C91H154NO8P. The van der Waals surface area contributed by atoms with Crippen molar-refractivity contribution in [2.24, 2.45) is 5.73 Å². The van der Waals surface area contributed by atoms with E-state index in [1.54, 1.807) is 0 Å². The Labute approximate surface area is 622 Å². The number of carbonyl (C=O) groups excluding carboxylic acids is 2. The molecule has 101 heavy (non-hydrogen) atoms. The Morgan fingerprint density at radius 1 is 0.297 bits per heavy atom. The molecule has 0 saturated carbocycles. The maximum atomic E-state index is 12.8. The van der Waals surface area contributed by atoms with Crippen LogP contribution in [-0.4, -0.2) is 49.3 Å². The van der Waals surface area contributed by atoms with Gasteiger partial charge in [-0.2, -0.15) is 0 Å². The monoisotopic (exact) mass is 1420 g/mol. The molecule has 0 aliphatic heterocycles. The van der Waals surface area contributed by atoms with Gasteiger partial charge in [0.05, 0.1) is 13.2 Å². The largest absolute Gasteiger partial charge is 0.472 e. The van der Waals surface area contributed by atoms with Gasteiger partial charge in [-0.3, -0.25) is 18.6 Å². The van der Waals surface area contributed by atoms with E-state index < -0.39 is 26.5 Å². The lowest BCUT2D eigenvalue weighted by molar-refractivity contribution is -0.161. The van der Waals surface area contributed by atoms with Crippen LogP contribution in [0.4, 0.5) is 0 Å². The van der Waals surface area contributed by atoms with E-state index in [-0.39, 0.29) is 38.6 Å². The van der Waals surface area contributed by atoms with Gasteiger partial charge in [-0.15, -0.1) is 0 Å². The first-order valence-electron chi connectivity index (χ1n) is 41.6. The molecule has 0 spiro atoms. The maximum absolute atomic E-state index is 12.8. The number of hydrogen-bond donors (Lipinski definition) is 2. The summed E-state index contributed by atoms with van der Waals surface area (Å²) in [5, 5.41) is 0. The van der Waals surface area contributed by atoms with E-state index in [2.05, 4.69) is 184 Å². The molecule has 0 fully saturated rings. The summed E-state index contributed by atoms with van der Waals surface area (Å²) in [7, 11) is -4.41. The highest BCUT2D eigenvalue weighted by Gasteiger charge is 2.26. The summed E-state index contributed by atoms with van der Waals surface area (Å²) < 4.78 is 33.3. The molecule has 0 bridgehead atoms. The van der Waals surface area contributed by atoms with Crippen molar-refractivity contribution in [3.63, 3.8) is 0 Å². The molecule has 0 rings (SSSR count). The third kappa shape index (κ3) is 84.2. The number of rotatable bonds is 77. The quantitative estimate of drug-likeness (QED) is 0.0264. The van der Waals surface area contributed by atoms with E-state index in [9.17, 15) is 19.0 Å². The fraction of sp³-hybridized carbons (Fsp3) is 0.670. The van der Waals surface area contributed by atoms with Gasteiger partial charge in [0.2, 0.25) is 0 Å².